The topological polar surface area (TPSA) is 78.3 Å². The summed E-state index contributed by atoms with van der Waals surface area (Å²) in [5.41, 5.74) is 2.36. The number of aromatic nitrogens is 3. The third-order valence-electron chi connectivity index (χ3n) is 4.73. The Kier molecular flexibility index (Phi) is 5.66. The first kappa shape index (κ1) is 20.2. The lowest BCUT2D eigenvalue weighted by Crippen LogP contribution is -2.13. The average Bonchev–Trinajstić information content (AvgIpc) is 3.16. The van der Waals surface area contributed by atoms with Crippen LogP contribution >= 0.6 is 0 Å². The quantitative estimate of drug-likeness (QED) is 0.473. The first-order chi connectivity index (χ1) is 15.1. The van der Waals surface area contributed by atoms with Crippen molar-refractivity contribution in [2.75, 3.05) is 19.5 Å². The molecule has 2 aromatic carbocycles. The Hall–Kier alpha value is -4.13. The van der Waals surface area contributed by atoms with Gasteiger partial charge in [0.2, 0.25) is 5.91 Å². The fourth-order valence-electron chi connectivity index (χ4n) is 3.24. The van der Waals surface area contributed by atoms with Crippen molar-refractivity contribution in [2.45, 2.75) is 6.92 Å². The van der Waals surface area contributed by atoms with Crippen LogP contribution in [0.25, 0.3) is 22.8 Å². The maximum atomic E-state index is 12.6. The number of rotatable bonds is 6. The van der Waals surface area contributed by atoms with Crippen LogP contribution in [0, 0.1) is 6.92 Å². The number of fused-ring (bicyclic) bond motifs is 1. The summed E-state index contributed by atoms with van der Waals surface area (Å²) in [6.45, 7) is 1.87. The highest BCUT2D eigenvalue weighted by Gasteiger charge is 2.11. The molecule has 0 radical (unpaired) electrons. The molecule has 7 heteroatoms. The molecule has 0 atom stereocenters. The molecular weight excluding hydrogens is 392 g/mol. The molecule has 4 rings (SSSR count). The summed E-state index contributed by atoms with van der Waals surface area (Å²) in [4.78, 5) is 17.3. The molecule has 156 valence electrons. The third kappa shape index (κ3) is 4.40. The van der Waals surface area contributed by atoms with Gasteiger partial charge in [0.25, 0.3) is 0 Å². The minimum Gasteiger partial charge on any atom is -0.497 e. The van der Waals surface area contributed by atoms with Gasteiger partial charge in [0, 0.05) is 23.1 Å². The molecular formula is C24H22N4O3. The van der Waals surface area contributed by atoms with Gasteiger partial charge < -0.3 is 14.8 Å². The molecule has 2 aromatic heterocycles. The lowest BCUT2D eigenvalue weighted by Gasteiger charge is -2.08. The number of ether oxygens (including phenoxy) is 2. The molecule has 4 aromatic rings. The van der Waals surface area contributed by atoms with Gasteiger partial charge in [0.05, 0.1) is 25.4 Å². The predicted octanol–water partition coefficient (Wildman–Crippen LogP) is 4.40. The van der Waals surface area contributed by atoms with E-state index in [0.717, 1.165) is 22.2 Å². The van der Waals surface area contributed by atoms with Crippen LogP contribution in [0.3, 0.4) is 0 Å². The highest BCUT2D eigenvalue weighted by atomic mass is 16.5. The SMILES string of the molecule is COc1ccc(OC)c(/C=C/C(=O)Nc2cc(C)nn2-c2ccc3ccccc3n2)c1. The van der Waals surface area contributed by atoms with Crippen molar-refractivity contribution in [2.24, 2.45) is 0 Å². The van der Waals surface area contributed by atoms with Crippen molar-refractivity contribution in [3.8, 4) is 17.3 Å². The second-order valence-electron chi connectivity index (χ2n) is 6.88. The summed E-state index contributed by atoms with van der Waals surface area (Å²) >= 11 is 0. The molecule has 0 spiro atoms. The molecule has 1 amide bonds. The number of aryl methyl sites for hydroxylation is 1. The first-order valence-electron chi connectivity index (χ1n) is 9.71. The highest BCUT2D eigenvalue weighted by molar-refractivity contribution is 6.01. The normalized spacial score (nSPS) is 11.1. The first-order valence-corrected chi connectivity index (χ1v) is 9.71. The predicted molar refractivity (Wildman–Crippen MR) is 121 cm³/mol. The van der Waals surface area contributed by atoms with Crippen LogP contribution in [0.15, 0.2) is 66.7 Å². The van der Waals surface area contributed by atoms with Crippen molar-refractivity contribution >= 4 is 28.7 Å². The van der Waals surface area contributed by atoms with E-state index in [1.807, 2.05) is 43.3 Å². The van der Waals surface area contributed by atoms with Crippen LogP contribution in [0.2, 0.25) is 0 Å². The van der Waals surface area contributed by atoms with Crippen molar-refractivity contribution in [1.29, 1.82) is 0 Å². The minimum atomic E-state index is -0.299. The van der Waals surface area contributed by atoms with Crippen LogP contribution in [0.5, 0.6) is 11.5 Å². The van der Waals surface area contributed by atoms with E-state index in [2.05, 4.69) is 15.4 Å². The zero-order chi connectivity index (χ0) is 21.8. The van der Waals surface area contributed by atoms with Gasteiger partial charge in [0.1, 0.15) is 17.3 Å². The molecule has 7 nitrogen and oxygen atoms in total. The van der Waals surface area contributed by atoms with Crippen LogP contribution in [-0.4, -0.2) is 34.9 Å². The molecule has 0 aliphatic carbocycles. The molecule has 0 fully saturated rings. The molecule has 0 aliphatic rings. The van der Waals surface area contributed by atoms with E-state index in [1.165, 1.54) is 6.08 Å². The maximum absolute atomic E-state index is 12.6. The van der Waals surface area contributed by atoms with E-state index in [-0.39, 0.29) is 5.91 Å². The molecule has 31 heavy (non-hydrogen) atoms. The standard InChI is InChI=1S/C24H22N4O3/c1-16-14-23(28(27-16)22-12-8-17-6-4-5-7-20(17)25-22)26-24(29)13-9-18-15-19(30-2)10-11-21(18)31-3/h4-15H,1-3H3,(H,26,29)/b13-9+. The lowest BCUT2D eigenvalue weighted by atomic mass is 10.1. The maximum Gasteiger partial charge on any atom is 0.249 e. The summed E-state index contributed by atoms with van der Waals surface area (Å²) in [5, 5.41) is 8.40. The van der Waals surface area contributed by atoms with Crippen LogP contribution < -0.4 is 14.8 Å². The van der Waals surface area contributed by atoms with Crippen LogP contribution in [0.1, 0.15) is 11.3 Å². The fourth-order valence-corrected chi connectivity index (χ4v) is 3.24. The highest BCUT2D eigenvalue weighted by Crippen LogP contribution is 2.25. The smallest absolute Gasteiger partial charge is 0.249 e. The summed E-state index contributed by atoms with van der Waals surface area (Å²) in [6, 6.07) is 18.9. The zero-order valence-corrected chi connectivity index (χ0v) is 17.5. The van der Waals surface area contributed by atoms with Gasteiger partial charge in [-0.15, -0.1) is 0 Å². The minimum absolute atomic E-state index is 0.299. The van der Waals surface area contributed by atoms with E-state index < -0.39 is 0 Å². The second kappa shape index (κ2) is 8.71. The molecule has 1 N–H and O–H groups in total. The number of pyridine rings is 1. The van der Waals surface area contributed by atoms with Crippen molar-refractivity contribution in [1.82, 2.24) is 14.8 Å². The Morgan fingerprint density at radius 3 is 2.68 bits per heavy atom. The number of benzene rings is 2. The number of amides is 1. The zero-order valence-electron chi connectivity index (χ0n) is 17.5. The fraction of sp³-hybridized carbons (Fsp3) is 0.125. The van der Waals surface area contributed by atoms with Crippen molar-refractivity contribution in [3.63, 3.8) is 0 Å². The number of nitrogens with zero attached hydrogens (tertiary/aromatic N) is 3. The van der Waals surface area contributed by atoms with Gasteiger partial charge in [0.15, 0.2) is 5.82 Å². The molecule has 0 aliphatic heterocycles. The number of carbonyl (C=O) groups excluding carboxylic acids is 1. The molecule has 2 heterocycles. The van der Waals surface area contributed by atoms with Gasteiger partial charge in [-0.1, -0.05) is 18.2 Å². The van der Waals surface area contributed by atoms with Crippen molar-refractivity contribution in [3.05, 3.63) is 78.0 Å². The number of carbonyl (C=O) groups is 1. The van der Waals surface area contributed by atoms with E-state index in [0.29, 0.717) is 23.1 Å². The van der Waals surface area contributed by atoms with E-state index >= 15 is 0 Å². The Morgan fingerprint density at radius 1 is 1.03 bits per heavy atom. The van der Waals surface area contributed by atoms with Gasteiger partial charge in [-0.25, -0.2) is 4.98 Å². The number of methoxy groups -OCH3 is 2. The average molecular weight is 414 g/mol. The van der Waals surface area contributed by atoms with Gasteiger partial charge in [-0.2, -0.15) is 9.78 Å². The van der Waals surface area contributed by atoms with E-state index in [4.69, 9.17) is 9.47 Å². The number of nitrogens with one attached hydrogen (secondary N) is 1. The number of para-hydroxylation sites is 1. The summed E-state index contributed by atoms with van der Waals surface area (Å²) < 4.78 is 12.2. The summed E-state index contributed by atoms with van der Waals surface area (Å²) in [7, 11) is 3.17. The molecule has 0 saturated heterocycles. The van der Waals surface area contributed by atoms with Crippen LogP contribution in [0.4, 0.5) is 5.82 Å². The number of hydrogen-bond acceptors (Lipinski definition) is 5. The number of anilines is 1. The summed E-state index contributed by atoms with van der Waals surface area (Å²) in [6.07, 6.45) is 3.12. The Labute approximate surface area is 179 Å². The second-order valence-corrected chi connectivity index (χ2v) is 6.88. The van der Waals surface area contributed by atoms with Gasteiger partial charge in [-0.3, -0.25) is 4.79 Å². The third-order valence-corrected chi connectivity index (χ3v) is 4.73. The Bertz CT molecular complexity index is 1280. The summed E-state index contributed by atoms with van der Waals surface area (Å²) in [5.74, 6) is 2.18. The largest absolute Gasteiger partial charge is 0.497 e. The Morgan fingerprint density at radius 2 is 1.87 bits per heavy atom. The van der Waals surface area contributed by atoms with Gasteiger partial charge in [-0.05, 0) is 49.4 Å². The van der Waals surface area contributed by atoms with E-state index in [9.17, 15) is 4.79 Å². The van der Waals surface area contributed by atoms with Crippen LogP contribution in [-0.2, 0) is 4.79 Å². The van der Waals surface area contributed by atoms with Gasteiger partial charge >= 0.3 is 0 Å². The Balaban J connectivity index is 1.59. The lowest BCUT2D eigenvalue weighted by molar-refractivity contribution is -0.111. The molecule has 0 bridgehead atoms. The van der Waals surface area contributed by atoms with Crippen molar-refractivity contribution < 1.29 is 14.3 Å². The molecule has 0 unspecified atom stereocenters. The number of hydrogen-bond donors (Lipinski definition) is 1. The monoisotopic (exact) mass is 414 g/mol. The molecule has 0 saturated carbocycles. The van der Waals surface area contributed by atoms with E-state index in [1.54, 1.807) is 49.2 Å².